The molecule has 40 heavy (non-hydrogen) atoms. The first-order valence-electron chi connectivity index (χ1n) is 14.1. The molecule has 2 aliphatic rings. The van der Waals surface area contributed by atoms with E-state index in [0.29, 0.717) is 73.9 Å². The average molecular weight is 553 g/mol. The molecule has 0 aromatic heterocycles. The fraction of sp³-hybridized carbons (Fsp3) is 0.484. The molecule has 2 aromatic carbocycles. The van der Waals surface area contributed by atoms with Gasteiger partial charge in [-0.1, -0.05) is 31.7 Å². The molecule has 4 rings (SSSR count). The molecular weight excluding hydrogens is 512 g/mol. The van der Waals surface area contributed by atoms with Gasteiger partial charge in [-0.3, -0.25) is 9.59 Å². The second-order valence-corrected chi connectivity index (χ2v) is 10.8. The summed E-state index contributed by atoms with van der Waals surface area (Å²) in [5.74, 6) is 0.623. The Morgan fingerprint density at radius 2 is 1.80 bits per heavy atom. The summed E-state index contributed by atoms with van der Waals surface area (Å²) < 4.78 is 23.1. The van der Waals surface area contributed by atoms with Crippen molar-refractivity contribution in [1.82, 2.24) is 4.90 Å². The van der Waals surface area contributed by atoms with Crippen LogP contribution in [0.1, 0.15) is 50.8 Å². The van der Waals surface area contributed by atoms with Crippen LogP contribution in [0.4, 0.5) is 0 Å². The highest BCUT2D eigenvalue weighted by molar-refractivity contribution is 6.46. The molecule has 1 amide bonds. The Hall–Kier alpha value is -3.72. The van der Waals surface area contributed by atoms with Crippen LogP contribution in [-0.2, 0) is 9.59 Å². The van der Waals surface area contributed by atoms with E-state index in [9.17, 15) is 14.7 Å². The molecular formula is C31H40N2O7. The molecule has 1 N–H and O–H groups in total. The normalized spacial score (nSPS) is 18.1. The van der Waals surface area contributed by atoms with Crippen LogP contribution >= 0.6 is 0 Å². The first-order chi connectivity index (χ1) is 19.2. The van der Waals surface area contributed by atoms with Gasteiger partial charge in [-0.05, 0) is 54.7 Å². The second kappa shape index (κ2) is 13.1. The number of Topliss-reactive ketones (excluding diaryl/α,β-unsaturated/α-hetero) is 1. The van der Waals surface area contributed by atoms with E-state index in [1.54, 1.807) is 30.3 Å². The van der Waals surface area contributed by atoms with Gasteiger partial charge in [0.1, 0.15) is 13.2 Å². The molecule has 0 aliphatic carbocycles. The van der Waals surface area contributed by atoms with Crippen LogP contribution in [-0.4, -0.2) is 70.2 Å². The molecule has 9 nitrogen and oxygen atoms in total. The molecule has 9 heteroatoms. The second-order valence-electron chi connectivity index (χ2n) is 10.8. The van der Waals surface area contributed by atoms with Crippen LogP contribution in [0.15, 0.2) is 42.0 Å². The maximum Gasteiger partial charge on any atom is 0.295 e. The largest absolute Gasteiger partial charge is 0.872 e. The minimum atomic E-state index is -0.846. The lowest BCUT2D eigenvalue weighted by Crippen LogP contribution is -3.05. The first kappa shape index (κ1) is 29.3. The summed E-state index contributed by atoms with van der Waals surface area (Å²) in [5.41, 5.74) is 0.815. The third kappa shape index (κ3) is 6.53. The minimum absolute atomic E-state index is 0.0743. The molecule has 2 aliphatic heterocycles. The van der Waals surface area contributed by atoms with E-state index >= 15 is 0 Å². The van der Waals surface area contributed by atoms with Gasteiger partial charge in [0.05, 0.1) is 39.9 Å². The Morgan fingerprint density at radius 1 is 1.05 bits per heavy atom. The fourth-order valence-corrected chi connectivity index (χ4v) is 4.88. The van der Waals surface area contributed by atoms with Crippen LogP contribution < -0.4 is 29.0 Å². The number of ketones is 1. The van der Waals surface area contributed by atoms with Crippen molar-refractivity contribution < 1.29 is 38.5 Å². The lowest BCUT2D eigenvalue weighted by Gasteiger charge is -2.28. The zero-order chi connectivity index (χ0) is 28.8. The number of quaternary nitrogens is 1. The van der Waals surface area contributed by atoms with Gasteiger partial charge in [0.15, 0.2) is 23.0 Å². The molecule has 0 saturated carbocycles. The van der Waals surface area contributed by atoms with Crippen LogP contribution in [0, 0.1) is 5.92 Å². The topological polar surface area (TPSA) is 102 Å². The number of ether oxygens (including phenoxy) is 4. The molecule has 0 bridgehead atoms. The number of nitrogens with zero attached hydrogens (tertiary/aromatic N) is 1. The lowest BCUT2D eigenvalue weighted by atomic mass is 9.94. The van der Waals surface area contributed by atoms with Gasteiger partial charge in [-0.15, -0.1) is 0 Å². The smallest absolute Gasteiger partial charge is 0.295 e. The minimum Gasteiger partial charge on any atom is -0.872 e. The van der Waals surface area contributed by atoms with Gasteiger partial charge < -0.3 is 33.9 Å². The highest BCUT2D eigenvalue weighted by Gasteiger charge is 2.44. The number of amides is 1. The molecule has 0 radical (unpaired) electrons. The number of hydrogen-bond acceptors (Lipinski definition) is 7. The van der Waals surface area contributed by atoms with Crippen LogP contribution in [0.5, 0.6) is 23.0 Å². The molecule has 216 valence electrons. The van der Waals surface area contributed by atoms with Crippen molar-refractivity contribution in [2.24, 2.45) is 5.92 Å². The van der Waals surface area contributed by atoms with E-state index in [0.717, 1.165) is 13.0 Å². The number of nitrogens with one attached hydrogen (secondary N) is 1. The summed E-state index contributed by atoms with van der Waals surface area (Å²) >= 11 is 0. The standard InChI is InChI=1S/C31H40N2O7/c1-6-37-25-18-21(8-10-23(25)38-15-12-20(2)3)28-27(30(35)31(36)33(28)14-7-13-32(4)5)29(34)22-9-11-24-26(19-22)40-17-16-39-24/h8-11,18-20,28,34H,6-7,12-17H2,1-5H3/b29-27+. The van der Waals surface area contributed by atoms with E-state index in [4.69, 9.17) is 18.9 Å². The molecule has 2 aromatic rings. The van der Waals surface area contributed by atoms with Crippen molar-refractivity contribution in [2.45, 2.75) is 39.7 Å². The Kier molecular flexibility index (Phi) is 9.58. The van der Waals surface area contributed by atoms with E-state index in [2.05, 4.69) is 13.8 Å². The zero-order valence-electron chi connectivity index (χ0n) is 24.1. The van der Waals surface area contributed by atoms with Gasteiger partial charge in [-0.25, -0.2) is 0 Å². The van der Waals surface area contributed by atoms with Crippen LogP contribution in [0.3, 0.4) is 0 Å². The molecule has 1 saturated heterocycles. The van der Waals surface area contributed by atoms with E-state index in [-0.39, 0.29) is 11.1 Å². The third-order valence-corrected chi connectivity index (χ3v) is 6.95. The Bertz CT molecular complexity index is 1250. The highest BCUT2D eigenvalue weighted by Crippen LogP contribution is 2.42. The number of rotatable bonds is 12. The van der Waals surface area contributed by atoms with Crippen molar-refractivity contribution >= 4 is 17.4 Å². The summed E-state index contributed by atoms with van der Waals surface area (Å²) in [6.07, 6.45) is 1.57. The maximum absolute atomic E-state index is 13.9. The Balaban J connectivity index is 1.77. The van der Waals surface area contributed by atoms with Crippen molar-refractivity contribution in [3.05, 3.63) is 53.1 Å². The van der Waals surface area contributed by atoms with Gasteiger partial charge in [0.2, 0.25) is 5.78 Å². The van der Waals surface area contributed by atoms with Crippen LogP contribution in [0.25, 0.3) is 5.76 Å². The first-order valence-corrected chi connectivity index (χ1v) is 14.1. The number of benzene rings is 2. The number of fused-ring (bicyclic) bond motifs is 1. The Labute approximate surface area is 236 Å². The summed E-state index contributed by atoms with van der Waals surface area (Å²) in [6, 6.07) is 9.38. The predicted octanol–water partition coefficient (Wildman–Crippen LogP) is 2.04. The van der Waals surface area contributed by atoms with Crippen molar-refractivity contribution in [1.29, 1.82) is 0 Å². The Morgan fingerprint density at radius 3 is 2.50 bits per heavy atom. The molecule has 1 atom stereocenters. The summed E-state index contributed by atoms with van der Waals surface area (Å²) in [6.45, 7) is 9.04. The van der Waals surface area contributed by atoms with Gasteiger partial charge in [-0.2, -0.15) is 0 Å². The SMILES string of the molecule is CCOc1cc(C2/C(=C(\[O-])c3ccc4c(c3)OCCO4)C(=O)C(=O)N2CCC[NH+](C)C)ccc1OCCC(C)C. The van der Waals surface area contributed by atoms with Crippen molar-refractivity contribution in [3.63, 3.8) is 0 Å². The van der Waals surface area contributed by atoms with Crippen molar-refractivity contribution in [2.75, 3.05) is 53.6 Å². The average Bonchev–Trinajstić information content (AvgIpc) is 3.18. The summed E-state index contributed by atoms with van der Waals surface area (Å²) in [7, 11) is 4.06. The lowest BCUT2D eigenvalue weighted by molar-refractivity contribution is -0.858. The zero-order valence-corrected chi connectivity index (χ0v) is 24.1. The fourth-order valence-electron chi connectivity index (χ4n) is 4.88. The van der Waals surface area contributed by atoms with Gasteiger partial charge in [0, 0.05) is 18.5 Å². The maximum atomic E-state index is 13.9. The third-order valence-electron chi connectivity index (χ3n) is 6.95. The van der Waals surface area contributed by atoms with E-state index in [1.807, 2.05) is 27.1 Å². The summed E-state index contributed by atoms with van der Waals surface area (Å²) in [4.78, 5) is 29.5. The van der Waals surface area contributed by atoms with E-state index < -0.39 is 23.5 Å². The number of hydrogen-bond donors (Lipinski definition) is 1. The van der Waals surface area contributed by atoms with E-state index in [1.165, 1.54) is 9.80 Å². The monoisotopic (exact) mass is 552 g/mol. The highest BCUT2D eigenvalue weighted by atomic mass is 16.6. The van der Waals surface area contributed by atoms with Gasteiger partial charge in [0.25, 0.3) is 5.91 Å². The van der Waals surface area contributed by atoms with Crippen LogP contribution in [0.2, 0.25) is 0 Å². The molecule has 2 heterocycles. The quantitative estimate of drug-likeness (QED) is 0.244. The summed E-state index contributed by atoms with van der Waals surface area (Å²) in [5, 5.41) is 13.9. The molecule has 1 unspecified atom stereocenters. The number of likely N-dealkylation sites (tertiary alicyclic amines) is 1. The predicted molar refractivity (Wildman–Crippen MR) is 149 cm³/mol. The van der Waals surface area contributed by atoms with Gasteiger partial charge >= 0.3 is 0 Å². The van der Waals surface area contributed by atoms with Crippen molar-refractivity contribution in [3.8, 4) is 23.0 Å². The molecule has 0 spiro atoms. The molecule has 1 fully saturated rings. The number of carbonyl (C=O) groups excluding carboxylic acids is 2. The number of carbonyl (C=O) groups is 2.